The molecule has 2 rings (SSSR count). The number of halogens is 5. The molecule has 21 heavy (non-hydrogen) atoms. The molecule has 0 heterocycles. The second-order valence-corrected chi connectivity index (χ2v) is 6.29. The molecule has 1 aromatic rings. The summed E-state index contributed by atoms with van der Waals surface area (Å²) in [6.45, 7) is 0.324. The first-order chi connectivity index (χ1) is 9.79. The normalized spacial score (nSPS) is 22.3. The van der Waals surface area contributed by atoms with Crippen LogP contribution in [0.25, 0.3) is 0 Å². The number of alkyl halides is 4. The molecule has 1 aliphatic carbocycles. The lowest BCUT2D eigenvalue weighted by Gasteiger charge is -2.15. The molecule has 116 valence electrons. The summed E-state index contributed by atoms with van der Waals surface area (Å²) in [4.78, 5) is 12.2. The van der Waals surface area contributed by atoms with Crippen molar-refractivity contribution >= 4 is 21.8 Å². The SMILES string of the molecule is O=C(NCC1CCCC1Br)c1cc(C(F)(F)F)ccc1F. The topological polar surface area (TPSA) is 29.1 Å². The fourth-order valence-electron chi connectivity index (χ4n) is 2.42. The van der Waals surface area contributed by atoms with E-state index >= 15 is 0 Å². The predicted molar refractivity (Wildman–Crippen MR) is 73.8 cm³/mol. The fourth-order valence-corrected chi connectivity index (χ4v) is 3.19. The van der Waals surface area contributed by atoms with Crippen molar-refractivity contribution in [2.45, 2.75) is 30.3 Å². The summed E-state index contributed by atoms with van der Waals surface area (Å²) in [7, 11) is 0. The number of hydrogen-bond donors (Lipinski definition) is 1. The summed E-state index contributed by atoms with van der Waals surface area (Å²) in [5.41, 5.74) is -1.61. The van der Waals surface area contributed by atoms with Crippen molar-refractivity contribution in [1.29, 1.82) is 0 Å². The predicted octanol–water partition coefficient (Wildman–Crippen LogP) is 4.14. The molecule has 0 bridgehead atoms. The number of carbonyl (C=O) groups is 1. The molecule has 0 spiro atoms. The van der Waals surface area contributed by atoms with E-state index in [1.54, 1.807) is 0 Å². The van der Waals surface area contributed by atoms with Crippen LogP contribution in [0.5, 0.6) is 0 Å². The quantitative estimate of drug-likeness (QED) is 0.631. The van der Waals surface area contributed by atoms with E-state index in [1.807, 2.05) is 0 Å². The Hall–Kier alpha value is -1.11. The van der Waals surface area contributed by atoms with Gasteiger partial charge in [-0.25, -0.2) is 4.39 Å². The Morgan fingerprint density at radius 3 is 2.62 bits per heavy atom. The van der Waals surface area contributed by atoms with Crippen molar-refractivity contribution in [3.8, 4) is 0 Å². The molecule has 1 fully saturated rings. The summed E-state index contributed by atoms with van der Waals surface area (Å²) in [5.74, 6) is -1.55. The molecular weight excluding hydrogens is 354 g/mol. The minimum atomic E-state index is -4.60. The highest BCUT2D eigenvalue weighted by atomic mass is 79.9. The zero-order valence-electron chi connectivity index (χ0n) is 11.0. The molecule has 1 aromatic carbocycles. The molecule has 0 aromatic heterocycles. The molecule has 0 aliphatic heterocycles. The lowest BCUT2D eigenvalue weighted by Crippen LogP contribution is -2.31. The number of carbonyl (C=O) groups excluding carboxylic acids is 1. The van der Waals surface area contributed by atoms with Crippen LogP contribution in [-0.2, 0) is 6.18 Å². The van der Waals surface area contributed by atoms with E-state index in [0.717, 1.165) is 19.3 Å². The maximum absolute atomic E-state index is 13.5. The first-order valence-electron chi connectivity index (χ1n) is 6.58. The van der Waals surface area contributed by atoms with Gasteiger partial charge in [-0.3, -0.25) is 4.79 Å². The third-order valence-electron chi connectivity index (χ3n) is 3.63. The molecule has 1 aliphatic rings. The first kappa shape index (κ1) is 16.3. The fraction of sp³-hybridized carbons (Fsp3) is 0.500. The third-order valence-corrected chi connectivity index (χ3v) is 4.83. The average Bonchev–Trinajstić information content (AvgIpc) is 2.80. The van der Waals surface area contributed by atoms with Gasteiger partial charge in [0.25, 0.3) is 5.91 Å². The van der Waals surface area contributed by atoms with E-state index in [2.05, 4.69) is 21.2 Å². The van der Waals surface area contributed by atoms with Gasteiger partial charge in [-0.2, -0.15) is 13.2 Å². The van der Waals surface area contributed by atoms with Gasteiger partial charge in [0, 0.05) is 11.4 Å². The Morgan fingerprint density at radius 1 is 1.33 bits per heavy atom. The van der Waals surface area contributed by atoms with E-state index in [4.69, 9.17) is 0 Å². The van der Waals surface area contributed by atoms with Gasteiger partial charge in [-0.15, -0.1) is 0 Å². The van der Waals surface area contributed by atoms with Crippen LogP contribution >= 0.6 is 15.9 Å². The second-order valence-electron chi connectivity index (χ2n) is 5.11. The van der Waals surface area contributed by atoms with Crippen LogP contribution < -0.4 is 5.32 Å². The lowest BCUT2D eigenvalue weighted by atomic mass is 10.1. The molecular formula is C14H14BrF4NO. The van der Waals surface area contributed by atoms with Crippen molar-refractivity contribution in [2.24, 2.45) is 5.92 Å². The first-order valence-corrected chi connectivity index (χ1v) is 7.49. The van der Waals surface area contributed by atoms with Crippen molar-refractivity contribution < 1.29 is 22.4 Å². The Labute approximate surface area is 128 Å². The Bertz CT molecular complexity index is 532. The molecule has 0 radical (unpaired) electrons. The molecule has 2 unspecified atom stereocenters. The van der Waals surface area contributed by atoms with E-state index in [1.165, 1.54) is 0 Å². The van der Waals surface area contributed by atoms with Gasteiger partial charge in [0.2, 0.25) is 0 Å². The zero-order valence-corrected chi connectivity index (χ0v) is 12.6. The molecule has 1 N–H and O–H groups in total. The summed E-state index contributed by atoms with van der Waals surface area (Å²) in [6.07, 6.45) is -1.64. The van der Waals surface area contributed by atoms with Gasteiger partial charge in [0.05, 0.1) is 11.1 Å². The standard InChI is InChI=1S/C14H14BrF4NO/c15-11-3-1-2-8(11)7-20-13(21)10-6-9(14(17,18)19)4-5-12(10)16/h4-6,8,11H,1-3,7H2,(H,20,21). The smallest absolute Gasteiger partial charge is 0.352 e. The largest absolute Gasteiger partial charge is 0.416 e. The molecule has 1 saturated carbocycles. The summed E-state index contributed by atoms with van der Waals surface area (Å²) >= 11 is 3.49. The van der Waals surface area contributed by atoms with Crippen LogP contribution in [0.3, 0.4) is 0 Å². The number of nitrogens with one attached hydrogen (secondary N) is 1. The molecule has 7 heteroatoms. The van der Waals surface area contributed by atoms with E-state index < -0.39 is 29.0 Å². The highest BCUT2D eigenvalue weighted by molar-refractivity contribution is 9.09. The minimum absolute atomic E-state index is 0.225. The molecule has 2 atom stereocenters. The van der Waals surface area contributed by atoms with Gasteiger partial charge in [0.15, 0.2) is 0 Å². The monoisotopic (exact) mass is 367 g/mol. The van der Waals surface area contributed by atoms with Crippen molar-refractivity contribution in [2.75, 3.05) is 6.54 Å². The number of rotatable bonds is 3. The minimum Gasteiger partial charge on any atom is -0.352 e. The molecule has 2 nitrogen and oxygen atoms in total. The van der Waals surface area contributed by atoms with Crippen molar-refractivity contribution in [3.05, 3.63) is 35.1 Å². The van der Waals surface area contributed by atoms with Gasteiger partial charge < -0.3 is 5.32 Å². The van der Waals surface area contributed by atoms with Gasteiger partial charge in [0.1, 0.15) is 5.82 Å². The Morgan fingerprint density at radius 2 is 2.05 bits per heavy atom. The van der Waals surface area contributed by atoms with Gasteiger partial charge in [-0.05, 0) is 37.0 Å². The van der Waals surface area contributed by atoms with Crippen LogP contribution in [0.15, 0.2) is 18.2 Å². The van der Waals surface area contributed by atoms with E-state index in [9.17, 15) is 22.4 Å². The van der Waals surface area contributed by atoms with Crippen molar-refractivity contribution in [3.63, 3.8) is 0 Å². The van der Waals surface area contributed by atoms with Crippen LogP contribution in [-0.4, -0.2) is 17.3 Å². The number of hydrogen-bond acceptors (Lipinski definition) is 1. The maximum atomic E-state index is 13.5. The van der Waals surface area contributed by atoms with Crippen LogP contribution in [0.4, 0.5) is 17.6 Å². The van der Waals surface area contributed by atoms with Gasteiger partial charge >= 0.3 is 6.18 Å². The Balaban J connectivity index is 2.08. The maximum Gasteiger partial charge on any atom is 0.416 e. The highest BCUT2D eigenvalue weighted by Crippen LogP contribution is 2.32. The van der Waals surface area contributed by atoms with Crippen molar-refractivity contribution in [1.82, 2.24) is 5.32 Å². The molecule has 0 saturated heterocycles. The zero-order chi connectivity index (χ0) is 15.6. The number of amides is 1. The Kier molecular flexibility index (Phi) is 4.91. The summed E-state index contributed by atoms with van der Waals surface area (Å²) in [5, 5.41) is 2.51. The van der Waals surface area contributed by atoms with E-state index in [0.29, 0.717) is 24.7 Å². The second kappa shape index (κ2) is 6.34. The average molecular weight is 368 g/mol. The van der Waals surface area contributed by atoms with Gasteiger partial charge in [-0.1, -0.05) is 22.4 Å². The summed E-state index contributed by atoms with van der Waals surface area (Å²) in [6, 6.07) is 1.84. The van der Waals surface area contributed by atoms with Crippen LogP contribution in [0.1, 0.15) is 35.2 Å². The third kappa shape index (κ3) is 3.96. The number of benzene rings is 1. The van der Waals surface area contributed by atoms with Crippen LogP contribution in [0, 0.1) is 11.7 Å². The highest BCUT2D eigenvalue weighted by Gasteiger charge is 2.32. The molecule has 1 amide bonds. The summed E-state index contributed by atoms with van der Waals surface area (Å²) < 4.78 is 51.3. The van der Waals surface area contributed by atoms with E-state index in [-0.39, 0.29) is 10.7 Å². The van der Waals surface area contributed by atoms with Crippen LogP contribution in [0.2, 0.25) is 0 Å². The lowest BCUT2D eigenvalue weighted by molar-refractivity contribution is -0.137.